The zero-order chi connectivity index (χ0) is 12.4. The predicted octanol–water partition coefficient (Wildman–Crippen LogP) is 1.93. The van der Waals surface area contributed by atoms with Crippen molar-refractivity contribution in [2.75, 3.05) is 30.3 Å². The van der Waals surface area contributed by atoms with Gasteiger partial charge in [0.05, 0.1) is 11.4 Å². The highest BCUT2D eigenvalue weighted by Gasteiger charge is 2.23. The van der Waals surface area contributed by atoms with Crippen LogP contribution >= 0.6 is 0 Å². The van der Waals surface area contributed by atoms with Crippen molar-refractivity contribution < 1.29 is 9.50 Å². The summed E-state index contributed by atoms with van der Waals surface area (Å²) in [6.07, 6.45) is 1.90. The first-order valence-electron chi connectivity index (χ1n) is 6.03. The van der Waals surface area contributed by atoms with Gasteiger partial charge in [-0.05, 0) is 43.4 Å². The van der Waals surface area contributed by atoms with E-state index in [2.05, 4.69) is 4.90 Å². The van der Waals surface area contributed by atoms with Crippen molar-refractivity contribution in [2.45, 2.75) is 19.8 Å². The smallest absolute Gasteiger partial charge is 0.128 e. The minimum Gasteiger partial charge on any atom is -0.397 e. The maximum atomic E-state index is 13.3. The minimum atomic E-state index is -0.252. The monoisotopic (exact) mass is 238 g/mol. The zero-order valence-corrected chi connectivity index (χ0v) is 10.1. The molecule has 0 aliphatic carbocycles. The summed E-state index contributed by atoms with van der Waals surface area (Å²) < 4.78 is 13.3. The lowest BCUT2D eigenvalue weighted by Crippen LogP contribution is -2.21. The van der Waals surface area contributed by atoms with Crippen LogP contribution in [0.3, 0.4) is 0 Å². The number of aliphatic hydroxyl groups excluding tert-OH is 1. The molecule has 3 N–H and O–H groups in total. The molecule has 4 heteroatoms. The molecule has 3 nitrogen and oxygen atoms in total. The van der Waals surface area contributed by atoms with Gasteiger partial charge in [-0.3, -0.25) is 0 Å². The molecule has 17 heavy (non-hydrogen) atoms. The third-order valence-corrected chi connectivity index (χ3v) is 3.47. The van der Waals surface area contributed by atoms with Crippen LogP contribution in [0, 0.1) is 18.7 Å². The average molecular weight is 238 g/mol. The molecule has 94 valence electrons. The van der Waals surface area contributed by atoms with E-state index in [4.69, 9.17) is 10.8 Å². The van der Waals surface area contributed by atoms with Crippen molar-refractivity contribution in [1.82, 2.24) is 0 Å². The Morgan fingerprint density at radius 3 is 3.00 bits per heavy atom. The van der Waals surface area contributed by atoms with Gasteiger partial charge in [0.2, 0.25) is 0 Å². The molecule has 2 rings (SSSR count). The van der Waals surface area contributed by atoms with Crippen LogP contribution in [0.4, 0.5) is 15.8 Å². The van der Waals surface area contributed by atoms with Crippen molar-refractivity contribution in [3.8, 4) is 0 Å². The van der Waals surface area contributed by atoms with E-state index in [0.717, 1.165) is 31.6 Å². The van der Waals surface area contributed by atoms with Crippen LogP contribution in [-0.4, -0.2) is 24.8 Å². The van der Waals surface area contributed by atoms with Gasteiger partial charge in [0, 0.05) is 19.7 Å². The van der Waals surface area contributed by atoms with Gasteiger partial charge in [0.1, 0.15) is 5.82 Å². The molecule has 1 fully saturated rings. The molecule has 1 aliphatic rings. The summed E-state index contributed by atoms with van der Waals surface area (Å²) in [7, 11) is 0. The van der Waals surface area contributed by atoms with E-state index in [1.807, 2.05) is 6.07 Å². The highest BCUT2D eigenvalue weighted by Crippen LogP contribution is 2.31. The second-order valence-corrected chi connectivity index (χ2v) is 4.77. The van der Waals surface area contributed by atoms with Crippen LogP contribution < -0.4 is 10.6 Å². The van der Waals surface area contributed by atoms with Crippen molar-refractivity contribution in [2.24, 2.45) is 5.92 Å². The fourth-order valence-electron chi connectivity index (χ4n) is 2.43. The van der Waals surface area contributed by atoms with E-state index in [-0.39, 0.29) is 12.4 Å². The molecule has 1 unspecified atom stereocenters. The summed E-state index contributed by atoms with van der Waals surface area (Å²) >= 11 is 0. The number of nitrogens with two attached hydrogens (primary N) is 1. The summed E-state index contributed by atoms with van der Waals surface area (Å²) in [5.41, 5.74) is 7.90. The average Bonchev–Trinajstić information content (AvgIpc) is 2.72. The highest BCUT2D eigenvalue weighted by molar-refractivity contribution is 5.69. The number of benzene rings is 1. The second kappa shape index (κ2) is 4.92. The first-order valence-corrected chi connectivity index (χ1v) is 6.03. The molecule has 1 heterocycles. The minimum absolute atomic E-state index is 0.233. The quantitative estimate of drug-likeness (QED) is 0.791. The van der Waals surface area contributed by atoms with Crippen LogP contribution in [0.1, 0.15) is 18.4 Å². The van der Waals surface area contributed by atoms with Crippen molar-refractivity contribution in [3.63, 3.8) is 0 Å². The van der Waals surface area contributed by atoms with Crippen molar-refractivity contribution >= 4 is 11.4 Å². The fraction of sp³-hybridized carbons (Fsp3) is 0.538. The molecule has 1 atom stereocenters. The summed E-state index contributed by atoms with van der Waals surface area (Å²) in [5, 5.41) is 8.93. The van der Waals surface area contributed by atoms with Gasteiger partial charge in [0.15, 0.2) is 0 Å². The fourth-order valence-corrected chi connectivity index (χ4v) is 2.43. The molecule has 0 bridgehead atoms. The third kappa shape index (κ3) is 2.52. The number of nitrogen functional groups attached to an aromatic ring is 1. The normalized spacial score (nSPS) is 19.9. The Labute approximate surface area is 101 Å². The molecule has 0 saturated carbocycles. The molecule has 1 aliphatic heterocycles. The first kappa shape index (κ1) is 12.2. The summed E-state index contributed by atoms with van der Waals surface area (Å²) in [4.78, 5) is 2.18. The Morgan fingerprint density at radius 2 is 2.29 bits per heavy atom. The molecule has 1 aromatic rings. The SMILES string of the molecule is Cc1cc(N2CCC(CCO)C2)c(N)cc1F. The number of aryl methyl sites for hydroxylation is 1. The third-order valence-electron chi connectivity index (χ3n) is 3.47. The van der Waals surface area contributed by atoms with E-state index in [9.17, 15) is 4.39 Å². The molecule has 1 aromatic carbocycles. The molecule has 0 spiro atoms. The predicted molar refractivity (Wildman–Crippen MR) is 67.6 cm³/mol. The number of halogens is 1. The van der Waals surface area contributed by atoms with Gasteiger partial charge in [0.25, 0.3) is 0 Å². The first-order chi connectivity index (χ1) is 8.11. The number of hydrogen-bond donors (Lipinski definition) is 2. The van der Waals surface area contributed by atoms with Crippen LogP contribution in [0.25, 0.3) is 0 Å². The van der Waals surface area contributed by atoms with Crippen LogP contribution in [-0.2, 0) is 0 Å². The number of aliphatic hydroxyl groups is 1. The van der Waals surface area contributed by atoms with E-state index in [1.54, 1.807) is 6.92 Å². The maximum Gasteiger partial charge on any atom is 0.128 e. The van der Waals surface area contributed by atoms with Gasteiger partial charge in [-0.15, -0.1) is 0 Å². The summed E-state index contributed by atoms with van der Waals surface area (Å²) in [5.74, 6) is 0.266. The molecule has 0 radical (unpaired) electrons. The molecule has 0 amide bonds. The lowest BCUT2D eigenvalue weighted by molar-refractivity contribution is 0.263. The Bertz CT molecular complexity index is 409. The Morgan fingerprint density at radius 1 is 1.53 bits per heavy atom. The van der Waals surface area contributed by atoms with Crippen LogP contribution in [0.5, 0.6) is 0 Å². The Balaban J connectivity index is 2.16. The summed E-state index contributed by atoms with van der Waals surface area (Å²) in [6.45, 7) is 3.81. The molecular formula is C13H19FN2O. The second-order valence-electron chi connectivity index (χ2n) is 4.77. The molecular weight excluding hydrogens is 219 g/mol. The number of rotatable bonds is 3. The van der Waals surface area contributed by atoms with Gasteiger partial charge in [-0.2, -0.15) is 0 Å². The lowest BCUT2D eigenvalue weighted by Gasteiger charge is -2.21. The summed E-state index contributed by atoms with van der Waals surface area (Å²) in [6, 6.07) is 3.20. The van der Waals surface area contributed by atoms with Crippen molar-refractivity contribution in [1.29, 1.82) is 0 Å². The van der Waals surface area contributed by atoms with Gasteiger partial charge in [-0.1, -0.05) is 0 Å². The molecule has 0 aromatic heterocycles. The van der Waals surface area contributed by atoms with Gasteiger partial charge >= 0.3 is 0 Å². The maximum absolute atomic E-state index is 13.3. The van der Waals surface area contributed by atoms with E-state index < -0.39 is 0 Å². The largest absolute Gasteiger partial charge is 0.397 e. The number of nitrogens with zero attached hydrogens (tertiary/aromatic N) is 1. The van der Waals surface area contributed by atoms with Crippen LogP contribution in [0.2, 0.25) is 0 Å². The topological polar surface area (TPSA) is 49.5 Å². The zero-order valence-electron chi connectivity index (χ0n) is 10.1. The molecule has 1 saturated heterocycles. The highest BCUT2D eigenvalue weighted by atomic mass is 19.1. The van der Waals surface area contributed by atoms with Crippen molar-refractivity contribution in [3.05, 3.63) is 23.5 Å². The van der Waals surface area contributed by atoms with Gasteiger partial charge in [-0.25, -0.2) is 4.39 Å². The van der Waals surface area contributed by atoms with E-state index in [1.165, 1.54) is 6.07 Å². The van der Waals surface area contributed by atoms with E-state index >= 15 is 0 Å². The lowest BCUT2D eigenvalue weighted by atomic mass is 10.1. The number of anilines is 2. The number of hydrogen-bond acceptors (Lipinski definition) is 3. The van der Waals surface area contributed by atoms with E-state index in [0.29, 0.717) is 17.2 Å². The van der Waals surface area contributed by atoms with Crippen LogP contribution in [0.15, 0.2) is 12.1 Å². The van der Waals surface area contributed by atoms with Gasteiger partial charge < -0.3 is 15.7 Å². The Kier molecular flexibility index (Phi) is 3.52. The standard InChI is InChI=1S/C13H19FN2O/c1-9-6-13(12(15)7-11(9)14)16-4-2-10(8-16)3-5-17/h6-7,10,17H,2-5,8,15H2,1H3. The Hall–Kier alpha value is -1.29.